The lowest BCUT2D eigenvalue weighted by Crippen LogP contribution is -2.07. The molecule has 5 nitrogen and oxygen atoms in total. The van der Waals surface area contributed by atoms with Gasteiger partial charge >= 0.3 is 5.97 Å². The molecule has 2 aromatic rings. The first-order valence-electron chi connectivity index (χ1n) is 8.27. The van der Waals surface area contributed by atoms with Gasteiger partial charge in [0.05, 0.1) is 11.5 Å². The van der Waals surface area contributed by atoms with Gasteiger partial charge in [0, 0.05) is 18.4 Å². The van der Waals surface area contributed by atoms with Gasteiger partial charge in [0.15, 0.2) is 5.78 Å². The zero-order valence-corrected chi connectivity index (χ0v) is 14.9. The molecular formula is C20H18N2O3S. The standard InChI is InChI=1S/C20H18N2O3S/c23-18(10-9-14-5-2-1-3-6-14)16-8-4-7-15(11-16)17-12-19(22-21-17)26-13-20(24)25/h1-8,11H,9-10,12-13H2,(H,24,25). The average Bonchev–Trinajstić information content (AvgIpc) is 3.14. The smallest absolute Gasteiger partial charge is 0.313 e. The van der Waals surface area contributed by atoms with Crippen molar-refractivity contribution in [3.8, 4) is 0 Å². The van der Waals surface area contributed by atoms with E-state index in [1.165, 1.54) is 11.8 Å². The van der Waals surface area contributed by atoms with E-state index in [4.69, 9.17) is 5.11 Å². The second-order valence-corrected chi connectivity index (χ2v) is 6.94. The summed E-state index contributed by atoms with van der Waals surface area (Å²) in [6.07, 6.45) is 1.67. The average molecular weight is 366 g/mol. The third kappa shape index (κ3) is 4.89. The van der Waals surface area contributed by atoms with Crippen LogP contribution in [0.4, 0.5) is 0 Å². The number of carboxylic acids is 1. The molecule has 0 unspecified atom stereocenters. The second-order valence-electron chi connectivity index (χ2n) is 5.89. The van der Waals surface area contributed by atoms with Gasteiger partial charge in [0.2, 0.25) is 0 Å². The normalized spacial score (nSPS) is 13.2. The van der Waals surface area contributed by atoms with E-state index >= 15 is 0 Å². The number of aliphatic carboxylic acids is 1. The summed E-state index contributed by atoms with van der Waals surface area (Å²) in [4.78, 5) is 23.1. The molecule has 132 valence electrons. The minimum atomic E-state index is -0.878. The number of hydrogen-bond donors (Lipinski definition) is 1. The molecule has 1 N–H and O–H groups in total. The first-order valence-corrected chi connectivity index (χ1v) is 9.26. The molecule has 0 saturated carbocycles. The quantitative estimate of drug-likeness (QED) is 0.756. The Morgan fingerprint density at radius 2 is 1.85 bits per heavy atom. The molecule has 0 amide bonds. The van der Waals surface area contributed by atoms with Crippen molar-refractivity contribution < 1.29 is 14.7 Å². The fourth-order valence-electron chi connectivity index (χ4n) is 2.63. The van der Waals surface area contributed by atoms with E-state index in [9.17, 15) is 9.59 Å². The van der Waals surface area contributed by atoms with E-state index in [0.717, 1.165) is 16.8 Å². The Morgan fingerprint density at radius 1 is 1.04 bits per heavy atom. The van der Waals surface area contributed by atoms with Crippen LogP contribution in [0.1, 0.15) is 34.3 Å². The summed E-state index contributed by atoms with van der Waals surface area (Å²) in [5, 5.41) is 17.6. The van der Waals surface area contributed by atoms with Gasteiger partial charge in [-0.2, -0.15) is 5.10 Å². The van der Waals surface area contributed by atoms with Gasteiger partial charge in [0.1, 0.15) is 5.04 Å². The van der Waals surface area contributed by atoms with Crippen LogP contribution >= 0.6 is 11.8 Å². The van der Waals surface area contributed by atoms with Gasteiger partial charge in [-0.15, -0.1) is 5.10 Å². The number of carbonyl (C=O) groups excluding carboxylic acids is 1. The number of hydrogen-bond acceptors (Lipinski definition) is 5. The molecule has 0 aromatic heterocycles. The maximum absolute atomic E-state index is 12.5. The highest BCUT2D eigenvalue weighted by Crippen LogP contribution is 2.20. The van der Waals surface area contributed by atoms with E-state index in [0.29, 0.717) is 29.9 Å². The molecule has 0 saturated heterocycles. The van der Waals surface area contributed by atoms with Crippen LogP contribution in [-0.4, -0.2) is 33.4 Å². The van der Waals surface area contributed by atoms with Crippen LogP contribution in [0.25, 0.3) is 0 Å². The number of nitrogens with zero attached hydrogens (tertiary/aromatic N) is 2. The lowest BCUT2D eigenvalue weighted by molar-refractivity contribution is -0.133. The Morgan fingerprint density at radius 3 is 2.62 bits per heavy atom. The molecule has 0 atom stereocenters. The highest BCUT2D eigenvalue weighted by molar-refractivity contribution is 8.14. The van der Waals surface area contributed by atoms with Crippen molar-refractivity contribution in [3.63, 3.8) is 0 Å². The summed E-state index contributed by atoms with van der Waals surface area (Å²) in [6.45, 7) is 0. The SMILES string of the molecule is O=C(O)CSC1=NN=C(c2cccc(C(=O)CCc3ccccc3)c2)C1. The number of rotatable bonds is 7. The van der Waals surface area contributed by atoms with Crippen LogP contribution in [0.15, 0.2) is 64.8 Å². The van der Waals surface area contributed by atoms with Crippen LogP contribution in [0.2, 0.25) is 0 Å². The minimum absolute atomic E-state index is 0.0281. The summed E-state index contributed by atoms with van der Waals surface area (Å²) < 4.78 is 0. The Labute approximate surface area is 155 Å². The van der Waals surface area contributed by atoms with Gasteiger partial charge in [-0.3, -0.25) is 9.59 Å². The van der Waals surface area contributed by atoms with E-state index < -0.39 is 5.97 Å². The minimum Gasteiger partial charge on any atom is -0.481 e. The molecular weight excluding hydrogens is 348 g/mol. The van der Waals surface area contributed by atoms with Crippen molar-refractivity contribution in [2.24, 2.45) is 10.2 Å². The Balaban J connectivity index is 1.60. The van der Waals surface area contributed by atoms with Crippen LogP contribution < -0.4 is 0 Å². The zero-order chi connectivity index (χ0) is 18.4. The van der Waals surface area contributed by atoms with Crippen molar-refractivity contribution >= 4 is 34.3 Å². The molecule has 2 aromatic carbocycles. The predicted molar refractivity (Wildman–Crippen MR) is 104 cm³/mol. The first-order chi connectivity index (χ1) is 12.6. The van der Waals surface area contributed by atoms with Crippen molar-refractivity contribution in [2.75, 3.05) is 5.75 Å². The van der Waals surface area contributed by atoms with Crippen molar-refractivity contribution in [3.05, 3.63) is 71.3 Å². The molecule has 0 spiro atoms. The first kappa shape index (κ1) is 18.1. The molecule has 1 aliphatic heterocycles. The molecule has 0 aliphatic carbocycles. The van der Waals surface area contributed by atoms with Crippen LogP contribution in [0.3, 0.4) is 0 Å². The Hall–Kier alpha value is -2.73. The largest absolute Gasteiger partial charge is 0.481 e. The number of Topliss-reactive ketones (excluding diaryl/α,β-unsaturated/α-hetero) is 1. The summed E-state index contributed by atoms with van der Waals surface area (Å²) in [5.41, 5.74) is 3.42. The van der Waals surface area contributed by atoms with E-state index in [1.807, 2.05) is 54.6 Å². The van der Waals surface area contributed by atoms with Gasteiger partial charge < -0.3 is 5.11 Å². The molecule has 0 bridgehead atoms. The number of carboxylic acid groups (broad SMARTS) is 1. The fourth-order valence-corrected chi connectivity index (χ4v) is 3.26. The molecule has 3 rings (SSSR count). The highest BCUT2D eigenvalue weighted by Gasteiger charge is 2.17. The molecule has 0 fully saturated rings. The number of thioether (sulfide) groups is 1. The number of aryl methyl sites for hydroxylation is 1. The lowest BCUT2D eigenvalue weighted by Gasteiger charge is -2.05. The number of carbonyl (C=O) groups is 2. The summed E-state index contributed by atoms with van der Waals surface area (Å²) in [6, 6.07) is 17.3. The van der Waals surface area contributed by atoms with E-state index in [-0.39, 0.29) is 11.5 Å². The van der Waals surface area contributed by atoms with Crippen molar-refractivity contribution in [2.45, 2.75) is 19.3 Å². The molecule has 0 radical (unpaired) electrons. The molecule has 6 heteroatoms. The third-order valence-corrected chi connectivity index (χ3v) is 4.92. The fraction of sp³-hybridized carbons (Fsp3) is 0.200. The highest BCUT2D eigenvalue weighted by atomic mass is 32.2. The number of benzene rings is 2. The maximum Gasteiger partial charge on any atom is 0.313 e. The van der Waals surface area contributed by atoms with Crippen LogP contribution in [-0.2, 0) is 11.2 Å². The predicted octanol–water partition coefficient (Wildman–Crippen LogP) is 3.83. The maximum atomic E-state index is 12.5. The second kappa shape index (κ2) is 8.58. The Bertz CT molecular complexity index is 876. The van der Waals surface area contributed by atoms with Crippen molar-refractivity contribution in [1.82, 2.24) is 0 Å². The Kier molecular flexibility index (Phi) is 5.96. The van der Waals surface area contributed by atoms with Crippen molar-refractivity contribution in [1.29, 1.82) is 0 Å². The number of ketones is 1. The van der Waals surface area contributed by atoms with Gasteiger partial charge in [-0.25, -0.2) is 0 Å². The molecule has 1 aliphatic rings. The van der Waals surface area contributed by atoms with E-state index in [2.05, 4.69) is 10.2 Å². The van der Waals surface area contributed by atoms with Crippen LogP contribution in [0.5, 0.6) is 0 Å². The topological polar surface area (TPSA) is 79.1 Å². The summed E-state index contributed by atoms with van der Waals surface area (Å²) in [7, 11) is 0. The van der Waals surface area contributed by atoms with Gasteiger partial charge in [0.25, 0.3) is 0 Å². The van der Waals surface area contributed by atoms with Gasteiger partial charge in [-0.05, 0) is 23.6 Å². The third-order valence-electron chi connectivity index (χ3n) is 3.96. The van der Waals surface area contributed by atoms with E-state index in [1.54, 1.807) is 0 Å². The molecule has 1 heterocycles. The summed E-state index contributed by atoms with van der Waals surface area (Å²) in [5.74, 6) is -0.813. The summed E-state index contributed by atoms with van der Waals surface area (Å²) >= 11 is 1.18. The van der Waals surface area contributed by atoms with Crippen LogP contribution in [0, 0.1) is 0 Å². The molecule has 26 heavy (non-hydrogen) atoms. The zero-order valence-electron chi connectivity index (χ0n) is 14.1. The van der Waals surface area contributed by atoms with Gasteiger partial charge in [-0.1, -0.05) is 60.3 Å². The monoisotopic (exact) mass is 366 g/mol. The lowest BCUT2D eigenvalue weighted by atomic mass is 9.99.